The Kier molecular flexibility index (Phi) is 29.6. The van der Waals surface area contributed by atoms with Crippen LogP contribution in [0.25, 0.3) is 0 Å². The fourth-order valence-corrected chi connectivity index (χ4v) is 18.9. The number of ether oxygens (including phenoxy) is 7. The summed E-state index contributed by atoms with van der Waals surface area (Å²) in [7, 11) is -5.70. The second-order valence-electron chi connectivity index (χ2n) is 30.5. The lowest BCUT2D eigenvalue weighted by Gasteiger charge is -2.40. The summed E-state index contributed by atoms with van der Waals surface area (Å²) in [5.41, 5.74) is 6.27. The number of unbranched alkanes of at least 4 members (excludes halogenated alkanes) is 3. The molecule has 0 amide bonds. The number of rotatable bonds is 39. The van der Waals surface area contributed by atoms with Gasteiger partial charge < -0.3 is 52.1 Å². The molecule has 0 aliphatic carbocycles. The van der Waals surface area contributed by atoms with Crippen molar-refractivity contribution < 1.29 is 47.2 Å². The number of hydrogen-bond acceptors (Lipinski definition) is 13. The third-order valence-corrected chi connectivity index (χ3v) is 29.1. The summed E-state index contributed by atoms with van der Waals surface area (Å²) in [6.45, 7) is 41.9. The van der Waals surface area contributed by atoms with Crippen LogP contribution in [0.3, 0.4) is 0 Å². The molecule has 1 aliphatic heterocycles. The van der Waals surface area contributed by atoms with Crippen molar-refractivity contribution in [2.24, 2.45) is 17.8 Å². The molecule has 0 spiro atoms. The van der Waals surface area contributed by atoms with Crippen molar-refractivity contribution in [2.75, 3.05) is 55.5 Å². The van der Waals surface area contributed by atoms with E-state index in [2.05, 4.69) is 99.9 Å². The van der Waals surface area contributed by atoms with Gasteiger partial charge in [-0.25, -0.2) is 0 Å². The molecule has 1 aliphatic rings. The van der Waals surface area contributed by atoms with Crippen LogP contribution in [0.15, 0.2) is 103 Å². The normalized spacial score (nSPS) is 14.5. The largest absolute Gasteiger partial charge is 0.493 e. The highest BCUT2D eigenvalue weighted by Gasteiger charge is 2.48. The molecular weight excluding hydrogens is 1230 g/mol. The van der Waals surface area contributed by atoms with Crippen molar-refractivity contribution >= 4 is 31.3 Å². The highest BCUT2D eigenvalue weighted by molar-refractivity contribution is 7.67. The average Bonchev–Trinajstić information content (AvgIpc) is 1.05. The van der Waals surface area contributed by atoms with E-state index >= 15 is 0 Å². The zero-order valence-electron chi connectivity index (χ0n) is 61.6. The molecule has 1 saturated heterocycles. The van der Waals surface area contributed by atoms with Gasteiger partial charge in [0, 0.05) is 81.4 Å². The van der Waals surface area contributed by atoms with Crippen LogP contribution in [0.1, 0.15) is 236 Å². The van der Waals surface area contributed by atoms with Gasteiger partial charge in [0.25, 0.3) is 5.69 Å². The standard InChI is InChI=1S/C79H121N3O11P2/c1-19-25-28-59(22-4)54-89-72-42-35-66(80(50-62-31-38-69(39-32-62)92-57-94(85,76(7,8)9)77(10,11)12)53-65-48-68(82(83)84)37-43-73(65)90-55-60(23-5)29-26-20-2)47-64(72)52-81(51-63-33-40-70(41-34-63)93-58-95(86,78(13,14)15)79(16,17)18)67-36-44-74(71(49-67)75-87-45-46-88-75)91-56-61(24-6)30-27-21-3/h31-44,47-49,59-61,75H,19-30,45-46,50-58H2,1-18H3. The van der Waals surface area contributed by atoms with Crippen LogP contribution in [0.5, 0.6) is 28.7 Å². The SMILES string of the molecule is CCCCC(CC)COc1ccc(N(Cc2ccc(OCP(=O)(C(C)(C)C)C(C)(C)C)cc2)Cc2cc([N+](=O)[O-])ccc2OCC(CC)CCCC)cc1CN(Cc1ccc(OCP(=O)(C(C)(C)C)C(C)(C)C)cc1)c1ccc(OCC(CC)CCCC)c(C2OCCO2)c1. The van der Waals surface area contributed by atoms with Crippen LogP contribution >= 0.6 is 14.3 Å². The maximum absolute atomic E-state index is 14.7. The Morgan fingerprint density at radius 3 is 1.20 bits per heavy atom. The third kappa shape index (κ3) is 22.0. The first-order valence-corrected chi connectivity index (χ1v) is 39.5. The topological polar surface area (TPSA) is 148 Å². The summed E-state index contributed by atoms with van der Waals surface area (Å²) >= 11 is 0. The van der Waals surface area contributed by atoms with Crippen LogP contribution in [0, 0.1) is 27.9 Å². The summed E-state index contributed by atoms with van der Waals surface area (Å²) in [5, 5.41) is 10.8. The highest BCUT2D eigenvalue weighted by Crippen LogP contribution is 2.67. The van der Waals surface area contributed by atoms with Gasteiger partial charge in [-0.3, -0.25) is 10.1 Å². The van der Waals surface area contributed by atoms with Gasteiger partial charge in [-0.15, -0.1) is 0 Å². The molecule has 6 rings (SSSR count). The van der Waals surface area contributed by atoms with Crippen LogP contribution in [0.2, 0.25) is 0 Å². The molecule has 3 atom stereocenters. The Morgan fingerprint density at radius 2 is 0.832 bits per heavy atom. The van der Waals surface area contributed by atoms with Gasteiger partial charge in [0.2, 0.25) is 0 Å². The lowest BCUT2D eigenvalue weighted by Crippen LogP contribution is -2.31. The van der Waals surface area contributed by atoms with Crippen LogP contribution < -0.4 is 33.5 Å². The molecule has 16 heteroatoms. The first-order valence-electron chi connectivity index (χ1n) is 35.7. The molecule has 95 heavy (non-hydrogen) atoms. The van der Waals surface area contributed by atoms with E-state index in [0.717, 1.165) is 122 Å². The summed E-state index contributed by atoms with van der Waals surface area (Å²) in [6, 6.07) is 33.9. The van der Waals surface area contributed by atoms with E-state index < -0.39 is 41.2 Å². The van der Waals surface area contributed by atoms with E-state index in [4.69, 9.17) is 33.2 Å². The minimum atomic E-state index is -2.85. The zero-order valence-corrected chi connectivity index (χ0v) is 63.4. The minimum absolute atomic E-state index is 0.0106. The van der Waals surface area contributed by atoms with Crippen LogP contribution in [-0.4, -0.2) is 71.3 Å². The number of hydrogen-bond donors (Lipinski definition) is 0. The van der Waals surface area contributed by atoms with Crippen molar-refractivity contribution in [3.8, 4) is 28.7 Å². The predicted molar refractivity (Wildman–Crippen MR) is 395 cm³/mol. The van der Waals surface area contributed by atoms with Crippen molar-refractivity contribution in [2.45, 2.75) is 255 Å². The molecule has 5 aromatic carbocycles. The first-order chi connectivity index (χ1) is 44.9. The smallest absolute Gasteiger partial charge is 0.270 e. The summed E-state index contributed by atoms with van der Waals surface area (Å²) in [4.78, 5) is 16.9. The van der Waals surface area contributed by atoms with E-state index in [1.165, 1.54) is 0 Å². The minimum Gasteiger partial charge on any atom is -0.493 e. The molecule has 0 N–H and O–H groups in total. The summed E-state index contributed by atoms with van der Waals surface area (Å²) < 4.78 is 75.4. The lowest BCUT2D eigenvalue weighted by molar-refractivity contribution is -0.384. The van der Waals surface area contributed by atoms with Gasteiger partial charge >= 0.3 is 0 Å². The summed E-state index contributed by atoms with van der Waals surface area (Å²) in [6.07, 6.45) is 12.5. The Balaban J connectivity index is 1.53. The lowest BCUT2D eigenvalue weighted by atomic mass is 10.0. The zero-order chi connectivity index (χ0) is 69.8. The molecule has 1 fully saturated rings. The van der Waals surface area contributed by atoms with Crippen molar-refractivity contribution in [3.05, 3.63) is 141 Å². The van der Waals surface area contributed by atoms with Gasteiger partial charge in [0.1, 0.15) is 55.7 Å². The van der Waals surface area contributed by atoms with E-state index in [0.29, 0.717) is 93.2 Å². The van der Waals surface area contributed by atoms with Gasteiger partial charge in [0.05, 0.1) is 43.5 Å². The fourth-order valence-electron chi connectivity index (χ4n) is 12.7. The number of nitro benzene ring substituents is 1. The number of nitro groups is 1. The molecule has 0 bridgehead atoms. The molecule has 3 unspecified atom stereocenters. The molecule has 0 saturated carbocycles. The van der Waals surface area contributed by atoms with Gasteiger partial charge in [0.15, 0.2) is 6.29 Å². The Morgan fingerprint density at radius 1 is 0.474 bits per heavy atom. The Hall–Kier alpha value is -5.52. The Bertz CT molecular complexity index is 3210. The van der Waals surface area contributed by atoms with E-state index in [1.807, 2.05) is 119 Å². The summed E-state index contributed by atoms with van der Waals surface area (Å²) in [5.74, 6) is 4.51. The van der Waals surface area contributed by atoms with Crippen molar-refractivity contribution in [1.29, 1.82) is 0 Å². The van der Waals surface area contributed by atoms with Crippen LogP contribution in [-0.2, 0) is 44.8 Å². The van der Waals surface area contributed by atoms with Crippen molar-refractivity contribution in [1.82, 2.24) is 0 Å². The van der Waals surface area contributed by atoms with E-state index in [-0.39, 0.29) is 29.9 Å². The van der Waals surface area contributed by atoms with Crippen molar-refractivity contribution in [3.63, 3.8) is 0 Å². The highest BCUT2D eigenvalue weighted by atomic mass is 31.2. The Labute approximate surface area is 573 Å². The molecule has 1 heterocycles. The predicted octanol–water partition coefficient (Wildman–Crippen LogP) is 22.4. The molecule has 0 radical (unpaired) electrons. The van der Waals surface area contributed by atoms with Gasteiger partial charge in [-0.1, -0.05) is 207 Å². The first kappa shape index (κ1) is 78.5. The quantitative estimate of drug-likeness (QED) is 0.0209. The van der Waals surface area contributed by atoms with E-state index in [1.54, 1.807) is 18.2 Å². The molecular formula is C79H121N3O11P2. The fraction of sp³-hybridized carbons (Fsp3) is 0.620. The second kappa shape index (κ2) is 35.8. The molecule has 14 nitrogen and oxygen atoms in total. The number of nitrogens with zero attached hydrogens (tertiary/aromatic N) is 3. The molecule has 5 aromatic rings. The van der Waals surface area contributed by atoms with Crippen LogP contribution in [0.4, 0.5) is 17.1 Å². The maximum Gasteiger partial charge on any atom is 0.270 e. The molecule has 0 aromatic heterocycles. The van der Waals surface area contributed by atoms with Gasteiger partial charge in [-0.05, 0) is 115 Å². The second-order valence-corrected chi connectivity index (χ2v) is 39.4. The number of non-ortho nitro benzene ring substituents is 1. The van der Waals surface area contributed by atoms with E-state index in [9.17, 15) is 19.2 Å². The van der Waals surface area contributed by atoms with Gasteiger partial charge in [-0.2, -0.15) is 0 Å². The number of anilines is 2. The molecule has 528 valence electrons. The monoisotopic (exact) mass is 1350 g/mol. The maximum atomic E-state index is 14.7. The third-order valence-electron chi connectivity index (χ3n) is 19.4. The number of benzene rings is 5. The average molecular weight is 1350 g/mol.